The van der Waals surface area contributed by atoms with Gasteiger partial charge in [0.1, 0.15) is 5.78 Å². The minimum atomic E-state index is -0.592. The molecule has 0 aliphatic heterocycles. The maximum absolute atomic E-state index is 12.8. The van der Waals surface area contributed by atoms with Crippen LogP contribution in [0.3, 0.4) is 0 Å². The Morgan fingerprint density at radius 3 is 2.28 bits per heavy atom. The van der Waals surface area contributed by atoms with Gasteiger partial charge in [0.05, 0.1) is 5.60 Å². The third-order valence-corrected chi connectivity index (χ3v) is 12.1. The highest BCUT2D eigenvalue weighted by molar-refractivity contribution is 5.85. The number of rotatable bonds is 4. The Hall–Kier alpha value is -0.630. The number of carbonyl (C=O) groups is 1. The summed E-state index contributed by atoms with van der Waals surface area (Å²) in [6, 6.07) is 0. The summed E-state index contributed by atoms with van der Waals surface area (Å²) in [6.45, 7) is 18.6. The van der Waals surface area contributed by atoms with E-state index in [0.29, 0.717) is 28.4 Å². The molecule has 2 heteroatoms. The van der Waals surface area contributed by atoms with Gasteiger partial charge in [0, 0.05) is 11.8 Å². The quantitative estimate of drug-likeness (QED) is 0.452. The van der Waals surface area contributed by atoms with Crippen molar-refractivity contribution < 1.29 is 9.90 Å². The molecule has 32 heavy (non-hydrogen) atoms. The summed E-state index contributed by atoms with van der Waals surface area (Å²) in [7, 11) is 0. The zero-order valence-corrected chi connectivity index (χ0v) is 22.3. The summed E-state index contributed by atoms with van der Waals surface area (Å²) >= 11 is 0. The fraction of sp³-hybridized carbons (Fsp3) is 0.900. The first-order valence-corrected chi connectivity index (χ1v) is 13.6. The zero-order valence-electron chi connectivity index (χ0n) is 22.3. The van der Waals surface area contributed by atoms with Crippen LogP contribution in [0.1, 0.15) is 120 Å². The monoisotopic (exact) mass is 442 g/mol. The molecule has 4 fully saturated rings. The van der Waals surface area contributed by atoms with Gasteiger partial charge in [-0.05, 0) is 118 Å². The molecule has 0 aromatic carbocycles. The van der Waals surface area contributed by atoms with Crippen LogP contribution in [0.5, 0.6) is 0 Å². The lowest BCUT2D eigenvalue weighted by Gasteiger charge is -2.66. The molecule has 4 rings (SSSR count). The molecule has 4 aliphatic rings. The Kier molecular flexibility index (Phi) is 5.89. The lowest BCUT2D eigenvalue weighted by molar-refractivity contribution is -0.191. The third-order valence-electron chi connectivity index (χ3n) is 12.1. The first kappa shape index (κ1) is 24.5. The summed E-state index contributed by atoms with van der Waals surface area (Å²) in [5.74, 6) is 2.90. The van der Waals surface area contributed by atoms with Gasteiger partial charge in [0.2, 0.25) is 0 Å². The molecule has 0 bridgehead atoms. The van der Waals surface area contributed by atoms with E-state index < -0.39 is 5.60 Å². The van der Waals surface area contributed by atoms with E-state index in [0.717, 1.165) is 37.5 Å². The standard InChI is InChI=1S/C30H50O2/c1-20(2)10-9-16-30(8,32)24-14-19-28(6)22-11-12-23-26(3,4)25(31)15-17-27(23,5)21(22)13-18-29(24,28)7/h10,21-24,32H,9,11-19H2,1-8H3. The highest BCUT2D eigenvalue weighted by Gasteiger charge is 2.68. The summed E-state index contributed by atoms with van der Waals surface area (Å²) in [5, 5.41) is 11.7. The molecular weight excluding hydrogens is 392 g/mol. The molecule has 0 spiro atoms. The fourth-order valence-corrected chi connectivity index (χ4v) is 10.1. The average molecular weight is 443 g/mol. The number of fused-ring (bicyclic) bond motifs is 5. The normalized spacial score (nSPS) is 47.1. The number of hydrogen-bond acceptors (Lipinski definition) is 2. The number of carbonyl (C=O) groups excluding carboxylic acids is 1. The molecule has 1 N–H and O–H groups in total. The lowest BCUT2D eigenvalue weighted by atomic mass is 9.38. The maximum atomic E-state index is 12.8. The van der Waals surface area contributed by atoms with E-state index in [4.69, 9.17) is 0 Å². The molecule has 2 nitrogen and oxygen atoms in total. The summed E-state index contributed by atoms with van der Waals surface area (Å²) in [4.78, 5) is 12.8. The number of aliphatic hydroxyl groups is 1. The number of Topliss-reactive ketones (excluding diaryl/α,β-unsaturated/α-hetero) is 1. The molecule has 0 aromatic rings. The molecule has 0 aromatic heterocycles. The minimum absolute atomic E-state index is 0.160. The number of ketones is 1. The molecule has 8 unspecified atom stereocenters. The second-order valence-electron chi connectivity index (χ2n) is 14.1. The molecule has 0 amide bonds. The van der Waals surface area contributed by atoms with Crippen molar-refractivity contribution in [3.8, 4) is 0 Å². The predicted octanol–water partition coefficient (Wildman–Crippen LogP) is 7.74. The van der Waals surface area contributed by atoms with Crippen LogP contribution in [0.4, 0.5) is 0 Å². The van der Waals surface area contributed by atoms with Crippen LogP contribution in [-0.4, -0.2) is 16.5 Å². The van der Waals surface area contributed by atoms with E-state index in [1.54, 1.807) is 0 Å². The highest BCUT2D eigenvalue weighted by Crippen LogP contribution is 2.74. The van der Waals surface area contributed by atoms with Gasteiger partial charge in [-0.1, -0.05) is 46.3 Å². The van der Waals surface area contributed by atoms with Crippen LogP contribution in [-0.2, 0) is 4.79 Å². The SMILES string of the molecule is CC(C)=CCCC(C)(O)C1CCC2(C)C3CCC4C(C)(C)C(=O)CCC4(C)C3CCC12C. The first-order valence-electron chi connectivity index (χ1n) is 13.6. The van der Waals surface area contributed by atoms with Crippen LogP contribution < -0.4 is 0 Å². The average Bonchev–Trinajstić information content (AvgIpc) is 2.97. The Balaban J connectivity index is 1.62. The van der Waals surface area contributed by atoms with Crippen molar-refractivity contribution in [3.63, 3.8) is 0 Å². The summed E-state index contributed by atoms with van der Waals surface area (Å²) < 4.78 is 0. The van der Waals surface area contributed by atoms with E-state index in [1.807, 2.05) is 0 Å². The van der Waals surface area contributed by atoms with Gasteiger partial charge < -0.3 is 5.11 Å². The predicted molar refractivity (Wildman–Crippen MR) is 133 cm³/mol. The van der Waals surface area contributed by atoms with Crippen LogP contribution in [0.15, 0.2) is 11.6 Å². The molecule has 4 aliphatic carbocycles. The van der Waals surface area contributed by atoms with Crippen LogP contribution in [0, 0.1) is 45.3 Å². The highest BCUT2D eigenvalue weighted by atomic mass is 16.3. The van der Waals surface area contributed by atoms with Crippen LogP contribution in [0.2, 0.25) is 0 Å². The van der Waals surface area contributed by atoms with Gasteiger partial charge in [-0.2, -0.15) is 0 Å². The number of hydrogen-bond donors (Lipinski definition) is 1. The van der Waals surface area contributed by atoms with Gasteiger partial charge in [-0.15, -0.1) is 0 Å². The Bertz CT molecular complexity index is 787. The van der Waals surface area contributed by atoms with Crippen molar-refractivity contribution in [2.75, 3.05) is 0 Å². The van der Waals surface area contributed by atoms with E-state index in [-0.39, 0.29) is 10.8 Å². The molecule has 8 atom stereocenters. The zero-order chi connectivity index (χ0) is 23.7. The molecule has 4 saturated carbocycles. The van der Waals surface area contributed by atoms with Crippen molar-refractivity contribution in [2.45, 2.75) is 125 Å². The second-order valence-corrected chi connectivity index (χ2v) is 14.1. The van der Waals surface area contributed by atoms with E-state index in [9.17, 15) is 9.90 Å². The Morgan fingerprint density at radius 2 is 1.62 bits per heavy atom. The minimum Gasteiger partial charge on any atom is -0.390 e. The fourth-order valence-electron chi connectivity index (χ4n) is 10.1. The van der Waals surface area contributed by atoms with Crippen LogP contribution >= 0.6 is 0 Å². The van der Waals surface area contributed by atoms with Gasteiger partial charge in [-0.25, -0.2) is 0 Å². The molecule has 0 saturated heterocycles. The molecule has 0 heterocycles. The van der Waals surface area contributed by atoms with Gasteiger partial charge in [0.25, 0.3) is 0 Å². The maximum Gasteiger partial charge on any atom is 0.138 e. The van der Waals surface area contributed by atoms with Crippen molar-refractivity contribution in [1.29, 1.82) is 0 Å². The first-order chi connectivity index (χ1) is 14.7. The Labute approximate surface area is 198 Å². The van der Waals surface area contributed by atoms with E-state index in [1.165, 1.54) is 44.1 Å². The van der Waals surface area contributed by atoms with Crippen LogP contribution in [0.25, 0.3) is 0 Å². The summed E-state index contributed by atoms with van der Waals surface area (Å²) in [6.07, 6.45) is 13.5. The van der Waals surface area contributed by atoms with Gasteiger partial charge >= 0.3 is 0 Å². The molecular formula is C30H50O2. The van der Waals surface area contributed by atoms with Gasteiger partial charge in [-0.3, -0.25) is 4.79 Å². The van der Waals surface area contributed by atoms with Crippen molar-refractivity contribution in [3.05, 3.63) is 11.6 Å². The largest absolute Gasteiger partial charge is 0.390 e. The Morgan fingerprint density at radius 1 is 0.969 bits per heavy atom. The molecule has 182 valence electrons. The van der Waals surface area contributed by atoms with E-state index in [2.05, 4.69) is 61.5 Å². The summed E-state index contributed by atoms with van der Waals surface area (Å²) in [5.41, 5.74) is 1.42. The van der Waals surface area contributed by atoms with Crippen molar-refractivity contribution in [2.24, 2.45) is 45.3 Å². The number of allylic oxidation sites excluding steroid dienone is 2. The smallest absolute Gasteiger partial charge is 0.138 e. The third kappa shape index (κ3) is 3.32. The topological polar surface area (TPSA) is 37.3 Å². The lowest BCUT2D eigenvalue weighted by Crippen LogP contribution is -2.61. The van der Waals surface area contributed by atoms with E-state index >= 15 is 0 Å². The second kappa shape index (κ2) is 7.69. The van der Waals surface area contributed by atoms with Gasteiger partial charge in [0.15, 0.2) is 0 Å². The van der Waals surface area contributed by atoms with Crippen molar-refractivity contribution >= 4 is 5.78 Å². The molecule has 0 radical (unpaired) electrons. The van der Waals surface area contributed by atoms with Crippen molar-refractivity contribution in [1.82, 2.24) is 0 Å².